The molecule has 2 atom stereocenters. The van der Waals surface area contributed by atoms with Gasteiger partial charge in [0.2, 0.25) is 0 Å². The fourth-order valence-electron chi connectivity index (χ4n) is 2.07. The van der Waals surface area contributed by atoms with Crippen molar-refractivity contribution in [3.63, 3.8) is 0 Å². The average Bonchev–Trinajstić information content (AvgIpc) is 2.40. The number of nitrogens with one attached hydrogen (secondary N) is 2. The summed E-state index contributed by atoms with van der Waals surface area (Å²) in [5.74, 6) is 0. The molecule has 20 heavy (non-hydrogen) atoms. The van der Waals surface area contributed by atoms with Crippen LogP contribution < -0.4 is 16.4 Å². The number of hydrogen-bond acceptors (Lipinski definition) is 4. The highest BCUT2D eigenvalue weighted by Crippen LogP contribution is 2.17. The van der Waals surface area contributed by atoms with Crippen molar-refractivity contribution >= 4 is 11.7 Å². The molecule has 1 rings (SSSR count). The second-order valence-corrected chi connectivity index (χ2v) is 4.63. The number of rotatable bonds is 7. The van der Waals surface area contributed by atoms with E-state index in [2.05, 4.69) is 17.6 Å². The van der Waals surface area contributed by atoms with Crippen molar-refractivity contribution in [3.8, 4) is 0 Å². The topological polar surface area (TPSA) is 85.6 Å². The Morgan fingerprint density at radius 2 is 1.70 bits per heavy atom. The van der Waals surface area contributed by atoms with Crippen LogP contribution in [0.1, 0.15) is 25.5 Å². The quantitative estimate of drug-likeness (QED) is 0.666. The van der Waals surface area contributed by atoms with Crippen LogP contribution in [0.3, 0.4) is 0 Å². The summed E-state index contributed by atoms with van der Waals surface area (Å²) < 4.78 is 10.4. The van der Waals surface area contributed by atoms with E-state index < -0.39 is 6.03 Å². The molecule has 0 bridgehead atoms. The van der Waals surface area contributed by atoms with E-state index in [0.29, 0.717) is 5.69 Å². The fraction of sp³-hybridized carbons (Fsp3) is 0.500. The number of ether oxygens (including phenoxy) is 2. The third-order valence-corrected chi connectivity index (χ3v) is 3.06. The number of carbonyl (C=O) groups is 1. The zero-order valence-electron chi connectivity index (χ0n) is 12.3. The summed E-state index contributed by atoms with van der Waals surface area (Å²) in [5, 5.41) is 5.92. The lowest BCUT2D eigenvalue weighted by Gasteiger charge is -2.26. The Kier molecular flexibility index (Phi) is 6.44. The van der Waals surface area contributed by atoms with Crippen molar-refractivity contribution in [1.82, 2.24) is 5.32 Å². The van der Waals surface area contributed by atoms with Crippen LogP contribution in [0.25, 0.3) is 0 Å². The summed E-state index contributed by atoms with van der Waals surface area (Å²) in [6.45, 7) is 4.05. The van der Waals surface area contributed by atoms with E-state index in [-0.39, 0.29) is 18.4 Å². The molecular formula is C14H23N3O3. The van der Waals surface area contributed by atoms with Crippen LogP contribution in [0.4, 0.5) is 10.5 Å². The number of amides is 2. The number of urea groups is 1. The number of benzene rings is 1. The van der Waals surface area contributed by atoms with Crippen molar-refractivity contribution in [2.24, 2.45) is 5.73 Å². The van der Waals surface area contributed by atoms with E-state index in [4.69, 9.17) is 15.2 Å². The predicted molar refractivity (Wildman–Crippen MR) is 78.5 cm³/mol. The third kappa shape index (κ3) is 4.80. The highest BCUT2D eigenvalue weighted by atomic mass is 16.7. The monoisotopic (exact) mass is 281 g/mol. The zero-order chi connectivity index (χ0) is 15.1. The van der Waals surface area contributed by atoms with Gasteiger partial charge in [0.15, 0.2) is 6.29 Å². The first-order valence-corrected chi connectivity index (χ1v) is 6.46. The number of anilines is 1. The molecule has 6 heteroatoms. The van der Waals surface area contributed by atoms with Gasteiger partial charge in [-0.25, -0.2) is 4.79 Å². The number of nitrogens with two attached hydrogens (primary N) is 1. The number of methoxy groups -OCH3 is 2. The molecule has 0 aliphatic heterocycles. The summed E-state index contributed by atoms with van der Waals surface area (Å²) in [5.41, 5.74) is 6.83. The lowest BCUT2D eigenvalue weighted by Crippen LogP contribution is -2.40. The molecule has 112 valence electrons. The second-order valence-electron chi connectivity index (χ2n) is 4.63. The van der Waals surface area contributed by atoms with E-state index in [1.54, 1.807) is 14.2 Å². The van der Waals surface area contributed by atoms with Gasteiger partial charge in [-0.1, -0.05) is 12.1 Å². The predicted octanol–water partition coefficient (Wildman–Crippen LogP) is 1.84. The molecule has 0 aliphatic rings. The van der Waals surface area contributed by atoms with Crippen molar-refractivity contribution in [1.29, 1.82) is 0 Å². The van der Waals surface area contributed by atoms with E-state index >= 15 is 0 Å². The first-order chi connectivity index (χ1) is 9.47. The molecule has 0 spiro atoms. The molecule has 4 N–H and O–H groups in total. The molecule has 0 fully saturated rings. The maximum absolute atomic E-state index is 10.7. The average molecular weight is 281 g/mol. The van der Waals surface area contributed by atoms with Gasteiger partial charge in [-0.05, 0) is 31.5 Å². The van der Waals surface area contributed by atoms with E-state index in [0.717, 1.165) is 5.56 Å². The SMILES string of the molecule is COC(OC)C(C)NC(C)c1ccc(NC(N)=O)cc1. The van der Waals surface area contributed by atoms with E-state index in [1.165, 1.54) is 0 Å². The third-order valence-electron chi connectivity index (χ3n) is 3.06. The molecule has 0 radical (unpaired) electrons. The maximum Gasteiger partial charge on any atom is 0.316 e. The summed E-state index contributed by atoms with van der Waals surface area (Å²) >= 11 is 0. The second kappa shape index (κ2) is 7.84. The van der Waals surface area contributed by atoms with Gasteiger partial charge in [-0.15, -0.1) is 0 Å². The van der Waals surface area contributed by atoms with Crippen LogP contribution >= 0.6 is 0 Å². The van der Waals surface area contributed by atoms with Crippen molar-refractivity contribution < 1.29 is 14.3 Å². The van der Waals surface area contributed by atoms with Crippen LogP contribution in [-0.4, -0.2) is 32.6 Å². The van der Waals surface area contributed by atoms with Crippen LogP contribution in [0.2, 0.25) is 0 Å². The van der Waals surface area contributed by atoms with E-state index in [1.807, 2.05) is 31.2 Å². The molecule has 0 aromatic heterocycles. The normalized spacial score (nSPS) is 14.1. The van der Waals surface area contributed by atoms with Crippen molar-refractivity contribution in [2.45, 2.75) is 32.2 Å². The summed E-state index contributed by atoms with van der Waals surface area (Å²) in [6, 6.07) is 7.10. The van der Waals surface area contributed by atoms with Crippen LogP contribution in [0, 0.1) is 0 Å². The minimum atomic E-state index is -0.569. The minimum Gasteiger partial charge on any atom is -0.354 e. The van der Waals surface area contributed by atoms with Gasteiger partial charge in [-0.3, -0.25) is 0 Å². The highest BCUT2D eigenvalue weighted by Gasteiger charge is 2.18. The molecule has 2 amide bonds. The van der Waals surface area contributed by atoms with Crippen molar-refractivity contribution in [3.05, 3.63) is 29.8 Å². The Balaban J connectivity index is 2.63. The number of hydrogen-bond donors (Lipinski definition) is 3. The first kappa shape index (κ1) is 16.4. The Morgan fingerprint density at radius 3 is 2.15 bits per heavy atom. The summed E-state index contributed by atoms with van der Waals surface area (Å²) in [7, 11) is 3.22. The molecule has 1 aromatic rings. The standard InChI is InChI=1S/C14H23N3O3/c1-9(16-10(2)13(19-3)20-4)11-5-7-12(8-6-11)17-14(15)18/h5-10,13,16H,1-4H3,(H3,15,17,18). The molecule has 0 aliphatic carbocycles. The van der Waals surface area contributed by atoms with Gasteiger partial charge in [-0.2, -0.15) is 0 Å². The number of primary amides is 1. The Bertz CT molecular complexity index is 418. The van der Waals surface area contributed by atoms with Gasteiger partial charge in [0.05, 0.1) is 6.04 Å². The van der Waals surface area contributed by atoms with Crippen molar-refractivity contribution in [2.75, 3.05) is 19.5 Å². The molecular weight excluding hydrogens is 258 g/mol. The van der Waals surface area contributed by atoms with Gasteiger partial charge in [0, 0.05) is 25.9 Å². The fourth-order valence-corrected chi connectivity index (χ4v) is 2.07. The van der Waals surface area contributed by atoms with Crippen LogP contribution in [-0.2, 0) is 9.47 Å². The Labute approximate surface area is 119 Å². The maximum atomic E-state index is 10.7. The lowest BCUT2D eigenvalue weighted by atomic mass is 10.1. The van der Waals surface area contributed by atoms with E-state index in [9.17, 15) is 4.79 Å². The number of carbonyl (C=O) groups excluding carboxylic acids is 1. The zero-order valence-corrected chi connectivity index (χ0v) is 12.3. The molecule has 0 saturated heterocycles. The van der Waals surface area contributed by atoms with Crippen LogP contribution in [0.5, 0.6) is 0 Å². The smallest absolute Gasteiger partial charge is 0.316 e. The van der Waals surface area contributed by atoms with Gasteiger partial charge in [0.1, 0.15) is 0 Å². The highest BCUT2D eigenvalue weighted by molar-refractivity contribution is 5.87. The summed E-state index contributed by atoms with van der Waals surface area (Å²) in [4.78, 5) is 10.7. The lowest BCUT2D eigenvalue weighted by molar-refractivity contribution is -0.120. The molecule has 1 aromatic carbocycles. The largest absolute Gasteiger partial charge is 0.354 e. The van der Waals surface area contributed by atoms with Gasteiger partial charge < -0.3 is 25.8 Å². The molecule has 6 nitrogen and oxygen atoms in total. The van der Waals surface area contributed by atoms with Gasteiger partial charge in [0.25, 0.3) is 0 Å². The van der Waals surface area contributed by atoms with Gasteiger partial charge >= 0.3 is 6.03 Å². The molecule has 0 heterocycles. The van der Waals surface area contributed by atoms with Crippen LogP contribution in [0.15, 0.2) is 24.3 Å². The Hall–Kier alpha value is -1.63. The molecule has 2 unspecified atom stereocenters. The molecule has 0 saturated carbocycles. The first-order valence-electron chi connectivity index (χ1n) is 6.46. The minimum absolute atomic E-state index is 0.0448. The Morgan fingerprint density at radius 1 is 1.15 bits per heavy atom. The summed E-state index contributed by atoms with van der Waals surface area (Å²) in [6.07, 6.45) is -0.298.